The second kappa shape index (κ2) is 16.1. The van der Waals surface area contributed by atoms with Crippen molar-refractivity contribution in [3.05, 3.63) is 103 Å². The fourth-order valence-electron chi connectivity index (χ4n) is 4.49. The predicted molar refractivity (Wildman–Crippen MR) is 159 cm³/mol. The highest BCUT2D eigenvalue weighted by Gasteiger charge is 2.22. The Morgan fingerprint density at radius 1 is 0.844 bits per heavy atom. The second-order valence-corrected chi connectivity index (χ2v) is 12.2. The Balaban J connectivity index is 0.00000102. The van der Waals surface area contributed by atoms with Gasteiger partial charge in [0.05, 0.1) is 11.3 Å². The van der Waals surface area contributed by atoms with Crippen LogP contribution in [0.5, 0.6) is 0 Å². The number of aromatic nitrogens is 1. The van der Waals surface area contributed by atoms with Gasteiger partial charge in [-0.1, -0.05) is 61.9 Å². The lowest BCUT2D eigenvalue weighted by atomic mass is 9.99. The number of hydrogen-bond acceptors (Lipinski definition) is 7. The van der Waals surface area contributed by atoms with Crippen LogP contribution in [0.3, 0.4) is 0 Å². The van der Waals surface area contributed by atoms with Crippen molar-refractivity contribution in [2.24, 2.45) is 15.9 Å². The molecule has 0 radical (unpaired) electrons. The lowest BCUT2D eigenvalue weighted by Crippen LogP contribution is -2.68. The van der Waals surface area contributed by atoms with Crippen molar-refractivity contribution in [2.75, 3.05) is 5.32 Å². The molecule has 0 aliphatic heterocycles. The molecule has 0 aliphatic carbocycles. The number of unbranched alkanes of at least 4 members (excludes halogenated alkanes) is 1. The van der Waals surface area contributed by atoms with E-state index in [-0.39, 0.29) is 17.2 Å². The Morgan fingerprint density at radius 2 is 1.40 bits per heavy atom. The van der Waals surface area contributed by atoms with Crippen molar-refractivity contribution in [1.82, 2.24) is 0 Å². The molecule has 0 bridgehead atoms. The fourth-order valence-corrected chi connectivity index (χ4v) is 5.35. The third-order valence-electron chi connectivity index (χ3n) is 6.44. The largest absolute Gasteiger partial charge is 0.369 e. The van der Waals surface area contributed by atoms with Gasteiger partial charge in [-0.3, -0.25) is 4.79 Å². The second-order valence-electron chi connectivity index (χ2n) is 9.80. The number of benzene rings is 3. The summed E-state index contributed by atoms with van der Waals surface area (Å²) in [6.07, 6.45) is 3.23. The first-order valence-corrected chi connectivity index (χ1v) is 16.5. The van der Waals surface area contributed by atoms with Gasteiger partial charge in [-0.25, -0.2) is 18.6 Å². The van der Waals surface area contributed by atoms with Gasteiger partial charge in [-0.05, 0) is 53.9 Å². The molecular weight excluding hydrogens is 622 g/mol. The third kappa shape index (κ3) is 11.6. The van der Waals surface area contributed by atoms with Crippen molar-refractivity contribution in [3.8, 4) is 22.4 Å². The van der Waals surface area contributed by atoms with Gasteiger partial charge < -0.3 is 16.8 Å². The summed E-state index contributed by atoms with van der Waals surface area (Å²) in [5, 5.41) is 2.86. The highest BCUT2D eigenvalue weighted by atomic mass is 35.7. The molecule has 0 atom stereocenters. The molecule has 0 spiro atoms. The van der Waals surface area contributed by atoms with E-state index in [1.807, 2.05) is 36.4 Å². The molecule has 1 heterocycles. The van der Waals surface area contributed by atoms with Crippen molar-refractivity contribution in [3.63, 3.8) is 0 Å². The van der Waals surface area contributed by atoms with Crippen molar-refractivity contribution >= 4 is 27.6 Å². The van der Waals surface area contributed by atoms with Gasteiger partial charge >= 0.3 is 0 Å². The van der Waals surface area contributed by atoms with E-state index in [2.05, 4.69) is 57.6 Å². The number of anilines is 1. The smallest absolute Gasteiger partial charge is 0.285 e. The van der Waals surface area contributed by atoms with Crippen LogP contribution >= 0.6 is 0 Å². The summed E-state index contributed by atoms with van der Waals surface area (Å²) < 4.78 is 63.8. The van der Waals surface area contributed by atoms with Crippen LogP contribution in [0.2, 0.25) is 0 Å². The van der Waals surface area contributed by atoms with Crippen LogP contribution in [0.4, 0.5) is 5.69 Å². The predicted octanol–water partition coefficient (Wildman–Crippen LogP) is -0.114. The first kappa shape index (κ1) is 35.1. The van der Waals surface area contributed by atoms with Crippen molar-refractivity contribution < 1.29 is 46.7 Å². The number of amides is 1. The normalized spacial score (nSPS) is 11.2. The van der Waals surface area contributed by atoms with Gasteiger partial charge in [0.1, 0.15) is 0 Å². The topological polar surface area (TPSA) is 224 Å². The maximum Gasteiger partial charge on any atom is 0.285 e. The SMILES string of the molecule is CCCCc1cc(-c2ccccc2)cc(-c2ccccc2)[n+]1CCC(=O)Nc1ccc(S(=O)(=O)N=C(N)N)cc1.[O-][Cl+3]([O-])([O-])[O-]. The summed E-state index contributed by atoms with van der Waals surface area (Å²) >= 11 is 0. The van der Waals surface area contributed by atoms with Gasteiger partial charge in [0.25, 0.3) is 10.0 Å². The Hall–Kier alpha value is -4.37. The molecule has 5 N–H and O–H groups in total. The molecule has 0 fully saturated rings. The highest BCUT2D eigenvalue weighted by molar-refractivity contribution is 7.90. The minimum atomic E-state index is -4.94. The molecule has 4 rings (SSSR count). The number of halogens is 1. The zero-order valence-corrected chi connectivity index (χ0v) is 26.0. The van der Waals surface area contributed by atoms with Crippen LogP contribution in [-0.2, 0) is 27.8 Å². The standard InChI is InChI=1S/C31H33N5O3S.ClHO4/c1-2-3-14-27-21-25(23-10-6-4-7-11-23)22-29(24-12-8-5-9-13-24)36(27)20-19-30(37)34-26-15-17-28(18-16-26)40(38,39)35-31(32)33;2-1(3,4)5/h4-13,15-18,21-22H,2-3,14,19-20H2,1H3,(H4-,32,33,34,35,37);(H,2,3,4,5). The minimum Gasteiger partial charge on any atom is -0.369 e. The van der Waals surface area contributed by atoms with E-state index in [1.165, 1.54) is 30.0 Å². The molecule has 1 aromatic heterocycles. The third-order valence-corrected chi connectivity index (χ3v) is 7.76. The maximum atomic E-state index is 13.0. The number of hydrogen-bond donors (Lipinski definition) is 3. The first-order chi connectivity index (χ1) is 21.3. The Bertz CT molecular complexity index is 1690. The van der Waals surface area contributed by atoms with Crippen LogP contribution in [-0.4, -0.2) is 20.3 Å². The average molecular weight is 656 g/mol. The first-order valence-electron chi connectivity index (χ1n) is 13.8. The van der Waals surface area contributed by atoms with E-state index in [9.17, 15) is 13.2 Å². The Kier molecular flexibility index (Phi) is 12.6. The average Bonchev–Trinajstić information content (AvgIpc) is 2.98. The number of nitrogens with zero attached hydrogens (tertiary/aromatic N) is 2. The van der Waals surface area contributed by atoms with Crippen molar-refractivity contribution in [1.29, 1.82) is 0 Å². The molecule has 0 saturated heterocycles. The summed E-state index contributed by atoms with van der Waals surface area (Å²) in [6, 6.07) is 30.7. The quantitative estimate of drug-likeness (QED) is 0.111. The minimum absolute atomic E-state index is 0.0685. The number of pyridine rings is 1. The molecule has 12 nitrogen and oxygen atoms in total. The lowest BCUT2D eigenvalue weighted by Gasteiger charge is -2.17. The molecular formula is C31H34ClN5O7S. The molecule has 1 amide bonds. The van der Waals surface area contributed by atoms with E-state index in [4.69, 9.17) is 30.1 Å². The Morgan fingerprint density at radius 3 is 1.93 bits per heavy atom. The zero-order valence-electron chi connectivity index (χ0n) is 24.5. The van der Waals surface area contributed by atoms with Gasteiger partial charge in [0, 0.05) is 29.8 Å². The zero-order chi connectivity index (χ0) is 33.0. The van der Waals surface area contributed by atoms with E-state index >= 15 is 0 Å². The molecule has 4 aromatic rings. The fraction of sp³-hybridized carbons (Fsp3) is 0.194. The highest BCUT2D eigenvalue weighted by Crippen LogP contribution is 2.26. The molecule has 0 saturated carbocycles. The lowest BCUT2D eigenvalue weighted by molar-refractivity contribution is -2.00. The number of aryl methyl sites for hydroxylation is 1. The van der Waals surface area contributed by atoms with Crippen molar-refractivity contribution in [2.45, 2.75) is 44.0 Å². The summed E-state index contributed by atoms with van der Waals surface area (Å²) in [6.45, 7) is 2.66. The van der Waals surface area contributed by atoms with Gasteiger partial charge in [0.2, 0.25) is 17.6 Å². The van der Waals surface area contributed by atoms with E-state index < -0.39 is 26.2 Å². The summed E-state index contributed by atoms with van der Waals surface area (Å²) in [5.41, 5.74) is 16.5. The van der Waals surface area contributed by atoms with E-state index in [0.717, 1.165) is 41.6 Å². The van der Waals surface area contributed by atoms with E-state index in [1.54, 1.807) is 0 Å². The molecule has 0 unspecified atom stereocenters. The Labute approximate surface area is 264 Å². The van der Waals surface area contributed by atoms with Gasteiger partial charge in [-0.2, -0.15) is 13.0 Å². The molecule has 14 heteroatoms. The monoisotopic (exact) mass is 655 g/mol. The molecule has 0 aliphatic rings. The van der Waals surface area contributed by atoms with Crippen LogP contribution in [0, 0.1) is 10.2 Å². The van der Waals surface area contributed by atoms with Crippen LogP contribution in [0.1, 0.15) is 31.9 Å². The van der Waals surface area contributed by atoms with Crippen LogP contribution in [0.15, 0.2) is 106 Å². The maximum absolute atomic E-state index is 13.0. The molecule has 3 aromatic carbocycles. The summed E-state index contributed by atoms with van der Waals surface area (Å²) in [5.74, 6) is -0.722. The van der Waals surface area contributed by atoms with Gasteiger partial charge in [-0.15, -0.1) is 14.6 Å². The van der Waals surface area contributed by atoms with Gasteiger partial charge in [0.15, 0.2) is 12.2 Å². The summed E-state index contributed by atoms with van der Waals surface area (Å²) in [4.78, 5) is 12.9. The summed E-state index contributed by atoms with van der Waals surface area (Å²) in [7, 11) is -8.94. The molecule has 238 valence electrons. The number of guanidine groups is 1. The van der Waals surface area contributed by atoms with E-state index in [0.29, 0.717) is 12.2 Å². The number of sulfonamides is 1. The number of nitrogens with two attached hydrogens (primary N) is 2. The number of carbonyl (C=O) groups excluding carboxylic acids is 1. The number of nitrogens with one attached hydrogen (secondary N) is 1. The van der Waals surface area contributed by atoms with Crippen LogP contribution < -0.4 is 40.0 Å². The number of carbonyl (C=O) groups is 1. The number of rotatable bonds is 11. The molecule has 45 heavy (non-hydrogen) atoms. The van der Waals surface area contributed by atoms with Crippen LogP contribution in [0.25, 0.3) is 22.4 Å².